The van der Waals surface area contributed by atoms with E-state index in [9.17, 15) is 5.11 Å². The molecule has 4 aliphatic heterocycles. The van der Waals surface area contributed by atoms with Crippen molar-refractivity contribution in [2.45, 2.75) is 56.1 Å². The van der Waals surface area contributed by atoms with Crippen molar-refractivity contribution in [2.24, 2.45) is 0 Å². The summed E-state index contributed by atoms with van der Waals surface area (Å²) in [7, 11) is 0. The first-order valence-corrected chi connectivity index (χ1v) is 15.0. The van der Waals surface area contributed by atoms with Crippen molar-refractivity contribution in [3.8, 4) is 41.2 Å². The Labute approximate surface area is 244 Å². The second-order valence-corrected chi connectivity index (χ2v) is 12.3. The molecule has 4 aromatic rings. The zero-order chi connectivity index (χ0) is 28.4. The van der Waals surface area contributed by atoms with Crippen molar-refractivity contribution in [3.05, 3.63) is 59.7 Å². The maximum Gasteiger partial charge on any atom is 0.175 e. The van der Waals surface area contributed by atoms with Gasteiger partial charge in [0, 0.05) is 53.3 Å². The molecular weight excluding hydrogens is 525 g/mol. The molecule has 0 saturated carbocycles. The van der Waals surface area contributed by atoms with Gasteiger partial charge in [0.2, 0.25) is 0 Å². The molecule has 8 rings (SSSR count). The van der Waals surface area contributed by atoms with E-state index in [1.807, 2.05) is 24.3 Å². The van der Waals surface area contributed by atoms with Gasteiger partial charge in [-0.05, 0) is 87.2 Å². The summed E-state index contributed by atoms with van der Waals surface area (Å²) in [4.78, 5) is 14.3. The average molecular weight is 558 g/mol. The topological polar surface area (TPSA) is 64.5 Å². The van der Waals surface area contributed by atoms with Crippen LogP contribution in [0.1, 0.15) is 49.8 Å². The van der Waals surface area contributed by atoms with Gasteiger partial charge in [-0.15, -0.1) is 6.42 Å². The lowest BCUT2D eigenvalue weighted by atomic mass is 9.94. The molecule has 2 bridgehead atoms. The van der Waals surface area contributed by atoms with Crippen LogP contribution in [0.25, 0.3) is 32.9 Å². The van der Waals surface area contributed by atoms with E-state index in [-0.39, 0.29) is 22.5 Å². The molecule has 42 heavy (non-hydrogen) atoms. The number of nitrogens with one attached hydrogen (secondary N) is 1. The number of aromatic nitrogens is 2. The van der Waals surface area contributed by atoms with Crippen LogP contribution in [0, 0.1) is 30.0 Å². The molecule has 210 valence electrons. The molecule has 2 N–H and O–H groups in total. The Bertz CT molecular complexity index is 1850. The number of hydrogen-bond acceptors (Lipinski definition) is 6. The highest BCUT2D eigenvalue weighted by Gasteiger charge is 2.43. The highest BCUT2D eigenvalue weighted by Crippen LogP contribution is 2.40. The number of piperazine rings is 1. The van der Waals surface area contributed by atoms with E-state index in [4.69, 9.17) is 11.4 Å². The molecule has 2 aromatic carbocycles. The number of rotatable bonds is 2. The van der Waals surface area contributed by atoms with Gasteiger partial charge in [0.1, 0.15) is 22.7 Å². The van der Waals surface area contributed by atoms with Gasteiger partial charge >= 0.3 is 0 Å². The van der Waals surface area contributed by atoms with E-state index in [1.54, 1.807) is 12.3 Å². The van der Waals surface area contributed by atoms with Gasteiger partial charge in [-0.1, -0.05) is 24.0 Å². The minimum absolute atomic E-state index is 0.0227. The minimum atomic E-state index is -0.532. The van der Waals surface area contributed by atoms with Crippen LogP contribution in [0.2, 0.25) is 0 Å². The molecule has 2 atom stereocenters. The SMILES string of the molecule is C#Cc1cccc2cc(O)cc(-c3ncc4c(N5CC6CCC(C5)N6)cc(C#CC56CCCN5CCC6)nc4c3F)c12. The third-order valence-corrected chi connectivity index (χ3v) is 9.77. The number of terminal acetylenes is 1. The van der Waals surface area contributed by atoms with Gasteiger partial charge < -0.3 is 15.3 Å². The number of hydrogen-bond donors (Lipinski definition) is 2. The zero-order valence-corrected chi connectivity index (χ0v) is 23.5. The standard InChI is InChI=1S/C35H32FN5O/c1-2-22-6-3-7-23-16-27(42)18-28(31(22)23)33-32(36)34-29(19-37-33)30(40-20-25-8-9-26(21-40)38-25)17-24(39-34)10-13-35-11-4-14-41(35)15-5-12-35/h1,3,6-7,16-19,25-26,38,42H,4-5,8-9,11-12,14-15,20-21H2. The highest BCUT2D eigenvalue weighted by atomic mass is 19.1. The number of phenols is 1. The van der Waals surface area contributed by atoms with E-state index < -0.39 is 5.82 Å². The lowest BCUT2D eigenvalue weighted by Gasteiger charge is -2.35. The molecule has 0 amide bonds. The van der Waals surface area contributed by atoms with Gasteiger partial charge in [0.05, 0.1) is 11.2 Å². The van der Waals surface area contributed by atoms with Crippen molar-refractivity contribution >= 4 is 27.4 Å². The van der Waals surface area contributed by atoms with Crippen molar-refractivity contribution in [2.75, 3.05) is 31.1 Å². The Balaban J connectivity index is 1.33. The van der Waals surface area contributed by atoms with Gasteiger partial charge in [-0.3, -0.25) is 9.88 Å². The maximum absolute atomic E-state index is 16.8. The van der Waals surface area contributed by atoms with Crippen LogP contribution in [0.3, 0.4) is 0 Å². The first-order valence-electron chi connectivity index (χ1n) is 15.0. The highest BCUT2D eigenvalue weighted by molar-refractivity contribution is 6.03. The summed E-state index contributed by atoms with van der Waals surface area (Å²) < 4.78 is 16.8. The monoisotopic (exact) mass is 557 g/mol. The zero-order valence-electron chi connectivity index (χ0n) is 23.5. The molecule has 4 fully saturated rings. The van der Waals surface area contributed by atoms with Gasteiger partial charge in [0.25, 0.3) is 0 Å². The lowest BCUT2D eigenvalue weighted by Crippen LogP contribution is -2.51. The van der Waals surface area contributed by atoms with E-state index >= 15 is 4.39 Å². The predicted molar refractivity (Wildman–Crippen MR) is 164 cm³/mol. The maximum atomic E-state index is 16.8. The van der Waals surface area contributed by atoms with E-state index in [0.29, 0.717) is 39.7 Å². The second kappa shape index (κ2) is 9.70. The van der Waals surface area contributed by atoms with Crippen LogP contribution in [-0.4, -0.2) is 63.8 Å². The number of fused-ring (bicyclic) bond motifs is 5. The van der Waals surface area contributed by atoms with Crippen LogP contribution < -0.4 is 10.2 Å². The normalized spacial score (nSPS) is 22.7. The summed E-state index contributed by atoms with van der Waals surface area (Å²) >= 11 is 0. The lowest BCUT2D eigenvalue weighted by molar-refractivity contribution is 0.261. The molecular formula is C35H32FN5O. The Morgan fingerprint density at radius 3 is 2.62 bits per heavy atom. The number of aromatic hydroxyl groups is 1. The third kappa shape index (κ3) is 4.03. The van der Waals surface area contributed by atoms with Crippen molar-refractivity contribution in [1.82, 2.24) is 20.2 Å². The Morgan fingerprint density at radius 1 is 1.07 bits per heavy atom. The summed E-state index contributed by atoms with van der Waals surface area (Å²) in [6, 6.07) is 11.6. The fraction of sp³-hybridized carbons (Fsp3) is 0.371. The smallest absolute Gasteiger partial charge is 0.175 e. The largest absolute Gasteiger partial charge is 0.508 e. The van der Waals surface area contributed by atoms with E-state index in [0.717, 1.165) is 75.8 Å². The van der Waals surface area contributed by atoms with Gasteiger partial charge in [-0.2, -0.15) is 0 Å². The molecule has 2 aromatic heterocycles. The minimum Gasteiger partial charge on any atom is -0.508 e. The predicted octanol–water partition coefficient (Wildman–Crippen LogP) is 5.20. The van der Waals surface area contributed by atoms with E-state index in [1.165, 1.54) is 6.07 Å². The number of halogens is 1. The third-order valence-electron chi connectivity index (χ3n) is 9.77. The quantitative estimate of drug-likeness (QED) is 0.331. The molecule has 6 nitrogen and oxygen atoms in total. The van der Waals surface area contributed by atoms with Gasteiger partial charge in [-0.25, -0.2) is 9.37 Å². The van der Waals surface area contributed by atoms with Crippen LogP contribution in [0.5, 0.6) is 5.75 Å². The van der Waals surface area contributed by atoms with Crippen LogP contribution >= 0.6 is 0 Å². The molecule has 7 heteroatoms. The van der Waals surface area contributed by atoms with Crippen molar-refractivity contribution in [3.63, 3.8) is 0 Å². The number of benzene rings is 2. The Hall–Kier alpha value is -4.17. The number of anilines is 1. The molecule has 0 aliphatic carbocycles. The molecule has 6 heterocycles. The first-order chi connectivity index (χ1) is 20.5. The van der Waals surface area contributed by atoms with Crippen LogP contribution in [0.4, 0.5) is 10.1 Å². The van der Waals surface area contributed by atoms with Crippen molar-refractivity contribution in [1.29, 1.82) is 0 Å². The number of phenolic OH excluding ortho intramolecular Hbond substituents is 1. The average Bonchev–Trinajstić information content (AvgIpc) is 3.68. The summed E-state index contributed by atoms with van der Waals surface area (Å²) in [5.74, 6) is 9.20. The fourth-order valence-electron chi connectivity index (χ4n) is 7.85. The van der Waals surface area contributed by atoms with E-state index in [2.05, 4.69) is 37.9 Å². The van der Waals surface area contributed by atoms with Crippen LogP contribution in [0.15, 0.2) is 42.6 Å². The Morgan fingerprint density at radius 2 is 1.86 bits per heavy atom. The molecule has 4 aliphatic rings. The summed E-state index contributed by atoms with van der Waals surface area (Å²) in [5, 5.41) is 16.3. The number of pyridine rings is 2. The summed E-state index contributed by atoms with van der Waals surface area (Å²) in [6.07, 6.45) is 14.3. The molecule has 0 radical (unpaired) electrons. The second-order valence-electron chi connectivity index (χ2n) is 12.3. The molecule has 4 saturated heterocycles. The molecule has 0 spiro atoms. The summed E-state index contributed by atoms with van der Waals surface area (Å²) in [5.41, 5.74) is 2.85. The number of nitrogens with zero attached hydrogens (tertiary/aromatic N) is 4. The van der Waals surface area contributed by atoms with Gasteiger partial charge in [0.15, 0.2) is 5.82 Å². The summed E-state index contributed by atoms with van der Waals surface area (Å²) in [6.45, 7) is 3.89. The first kappa shape index (κ1) is 25.5. The molecule has 2 unspecified atom stereocenters. The Kier molecular flexibility index (Phi) is 5.89. The van der Waals surface area contributed by atoms with Crippen molar-refractivity contribution < 1.29 is 9.50 Å². The van der Waals surface area contributed by atoms with Crippen LogP contribution in [-0.2, 0) is 0 Å². The fourth-order valence-corrected chi connectivity index (χ4v) is 7.85.